The van der Waals surface area contributed by atoms with Crippen molar-refractivity contribution in [2.24, 2.45) is 5.73 Å². The number of sulfonamides is 1. The Morgan fingerprint density at radius 3 is 2.52 bits per heavy atom. The Morgan fingerprint density at radius 1 is 1.19 bits per heavy atom. The van der Waals surface area contributed by atoms with Crippen LogP contribution in [0.15, 0.2) is 51.8 Å². The Balaban J connectivity index is 2.51. The third kappa shape index (κ3) is 3.28. The van der Waals surface area contributed by atoms with Crippen LogP contribution < -0.4 is 10.0 Å². The molecule has 0 saturated carbocycles. The second kappa shape index (κ2) is 6.17. The van der Waals surface area contributed by atoms with Crippen LogP contribution in [0.1, 0.15) is 11.1 Å². The van der Waals surface area contributed by atoms with Crippen LogP contribution in [0.2, 0.25) is 0 Å². The van der Waals surface area contributed by atoms with Crippen LogP contribution in [0.4, 0.5) is 5.69 Å². The van der Waals surface area contributed by atoms with Gasteiger partial charge in [0.05, 0.1) is 5.69 Å². The molecule has 2 aromatic carbocycles. The molecule has 0 aliphatic carbocycles. The maximum Gasteiger partial charge on any atom is 0.265 e. The smallest absolute Gasteiger partial charge is 0.265 e. The lowest BCUT2D eigenvalue weighted by Crippen LogP contribution is -2.27. The molecule has 4 nitrogen and oxygen atoms in total. The van der Waals surface area contributed by atoms with E-state index in [2.05, 4.69) is 15.9 Å². The molecule has 0 bridgehead atoms. The van der Waals surface area contributed by atoms with Crippen LogP contribution in [0.25, 0.3) is 0 Å². The van der Waals surface area contributed by atoms with Crippen LogP contribution in [0.3, 0.4) is 0 Å². The molecule has 0 spiro atoms. The minimum absolute atomic E-state index is 0.217. The van der Waals surface area contributed by atoms with Crippen molar-refractivity contribution in [2.45, 2.75) is 18.4 Å². The van der Waals surface area contributed by atoms with Gasteiger partial charge >= 0.3 is 0 Å². The molecule has 2 aromatic rings. The van der Waals surface area contributed by atoms with Gasteiger partial charge in [-0.15, -0.1) is 0 Å². The van der Waals surface area contributed by atoms with E-state index >= 15 is 0 Å². The number of nitrogens with zero attached hydrogens (tertiary/aromatic N) is 1. The number of hydrogen-bond donors (Lipinski definition) is 1. The number of rotatable bonds is 4. The average molecular weight is 369 g/mol. The maximum atomic E-state index is 12.8. The fraction of sp³-hybridized carbons (Fsp3) is 0.200. The second-order valence-electron chi connectivity index (χ2n) is 4.78. The van der Waals surface area contributed by atoms with E-state index in [9.17, 15) is 8.42 Å². The van der Waals surface area contributed by atoms with Gasteiger partial charge in [-0.1, -0.05) is 18.2 Å². The van der Waals surface area contributed by atoms with Gasteiger partial charge in [0.1, 0.15) is 4.90 Å². The predicted molar refractivity (Wildman–Crippen MR) is 88.8 cm³/mol. The van der Waals surface area contributed by atoms with Gasteiger partial charge < -0.3 is 5.73 Å². The fourth-order valence-electron chi connectivity index (χ4n) is 1.98. The van der Waals surface area contributed by atoms with Crippen LogP contribution in [-0.4, -0.2) is 15.5 Å². The van der Waals surface area contributed by atoms with E-state index in [4.69, 9.17) is 5.73 Å². The summed E-state index contributed by atoms with van der Waals surface area (Å²) in [6.45, 7) is 2.22. The summed E-state index contributed by atoms with van der Waals surface area (Å²) in [5.74, 6) is 0. The first kappa shape index (κ1) is 16.0. The van der Waals surface area contributed by atoms with Gasteiger partial charge in [0, 0.05) is 18.1 Å². The molecule has 2 rings (SSSR count). The van der Waals surface area contributed by atoms with Crippen LogP contribution in [-0.2, 0) is 16.6 Å². The lowest BCUT2D eigenvalue weighted by atomic mass is 10.2. The third-order valence-corrected chi connectivity index (χ3v) is 6.01. The van der Waals surface area contributed by atoms with Gasteiger partial charge in [-0.2, -0.15) is 0 Å². The number of benzene rings is 2. The van der Waals surface area contributed by atoms with Gasteiger partial charge in [0.2, 0.25) is 0 Å². The van der Waals surface area contributed by atoms with Crippen molar-refractivity contribution in [1.29, 1.82) is 0 Å². The summed E-state index contributed by atoms with van der Waals surface area (Å²) in [7, 11) is -2.09. The van der Waals surface area contributed by atoms with Crippen molar-refractivity contribution in [3.05, 3.63) is 58.1 Å². The third-order valence-electron chi connectivity index (χ3n) is 3.24. The minimum atomic E-state index is -3.64. The van der Waals surface area contributed by atoms with Crippen LogP contribution >= 0.6 is 15.9 Å². The van der Waals surface area contributed by atoms with Crippen molar-refractivity contribution in [3.8, 4) is 0 Å². The van der Waals surface area contributed by atoms with Crippen molar-refractivity contribution in [2.75, 3.05) is 11.4 Å². The van der Waals surface area contributed by atoms with E-state index in [0.29, 0.717) is 16.7 Å². The zero-order chi connectivity index (χ0) is 15.6. The van der Waals surface area contributed by atoms with Crippen molar-refractivity contribution in [1.82, 2.24) is 0 Å². The van der Waals surface area contributed by atoms with E-state index < -0.39 is 10.0 Å². The molecular formula is C15H17BrN2O2S. The molecule has 21 heavy (non-hydrogen) atoms. The number of halogens is 1. The Bertz CT molecular complexity index is 760. The Hall–Kier alpha value is -1.37. The van der Waals surface area contributed by atoms with Crippen LogP contribution in [0.5, 0.6) is 0 Å². The van der Waals surface area contributed by atoms with Crippen LogP contribution in [0, 0.1) is 6.92 Å². The summed E-state index contributed by atoms with van der Waals surface area (Å²) < 4.78 is 27.4. The monoisotopic (exact) mass is 368 g/mol. The SMILES string of the molecule is Cc1cccc(N(C)S(=O)(=O)c2cc(CN)ccc2Br)c1. The van der Waals surface area contributed by atoms with E-state index in [0.717, 1.165) is 11.1 Å². The lowest BCUT2D eigenvalue weighted by Gasteiger charge is -2.21. The van der Waals surface area contributed by atoms with Gasteiger partial charge in [0.25, 0.3) is 10.0 Å². The minimum Gasteiger partial charge on any atom is -0.326 e. The quantitative estimate of drug-likeness (QED) is 0.901. The van der Waals surface area contributed by atoms with Crippen molar-refractivity contribution < 1.29 is 8.42 Å². The average Bonchev–Trinajstić information content (AvgIpc) is 2.46. The van der Waals surface area contributed by atoms with E-state index in [1.165, 1.54) is 4.31 Å². The molecule has 0 aromatic heterocycles. The molecule has 0 fully saturated rings. The van der Waals surface area contributed by atoms with Gasteiger partial charge in [0.15, 0.2) is 0 Å². The second-order valence-corrected chi connectivity index (χ2v) is 7.57. The number of anilines is 1. The van der Waals surface area contributed by atoms with E-state index in [1.807, 2.05) is 25.1 Å². The summed E-state index contributed by atoms with van der Waals surface area (Å²) in [5.41, 5.74) is 8.00. The molecular weight excluding hydrogens is 352 g/mol. The molecule has 0 aliphatic rings. The highest BCUT2D eigenvalue weighted by molar-refractivity contribution is 9.10. The first-order valence-electron chi connectivity index (χ1n) is 6.40. The molecule has 0 saturated heterocycles. The molecule has 0 amide bonds. The number of hydrogen-bond acceptors (Lipinski definition) is 3. The molecule has 0 unspecified atom stereocenters. The normalized spacial score (nSPS) is 11.4. The zero-order valence-corrected chi connectivity index (χ0v) is 14.3. The molecule has 0 aliphatic heterocycles. The summed E-state index contributed by atoms with van der Waals surface area (Å²) in [4.78, 5) is 0.217. The maximum absolute atomic E-state index is 12.8. The topological polar surface area (TPSA) is 63.4 Å². The molecule has 0 heterocycles. The predicted octanol–water partition coefficient (Wildman–Crippen LogP) is 3.04. The largest absolute Gasteiger partial charge is 0.326 e. The molecule has 2 N–H and O–H groups in total. The van der Waals surface area contributed by atoms with Crippen molar-refractivity contribution >= 4 is 31.6 Å². The van der Waals surface area contributed by atoms with E-state index in [-0.39, 0.29) is 4.90 Å². The highest BCUT2D eigenvalue weighted by atomic mass is 79.9. The Morgan fingerprint density at radius 2 is 1.90 bits per heavy atom. The number of nitrogens with two attached hydrogens (primary N) is 1. The molecule has 0 atom stereocenters. The van der Waals surface area contributed by atoms with Gasteiger partial charge in [-0.05, 0) is 58.2 Å². The highest BCUT2D eigenvalue weighted by Crippen LogP contribution is 2.28. The van der Waals surface area contributed by atoms with E-state index in [1.54, 1.807) is 31.3 Å². The first-order valence-corrected chi connectivity index (χ1v) is 8.63. The summed E-state index contributed by atoms with van der Waals surface area (Å²) in [5, 5.41) is 0. The fourth-order valence-corrected chi connectivity index (χ4v) is 4.14. The molecule has 0 radical (unpaired) electrons. The summed E-state index contributed by atoms with van der Waals surface area (Å²) in [6, 6.07) is 12.5. The van der Waals surface area contributed by atoms with Crippen molar-refractivity contribution in [3.63, 3.8) is 0 Å². The standard InChI is InChI=1S/C15H17BrN2O2S/c1-11-4-3-5-13(8-11)18(2)21(19,20)15-9-12(10-17)6-7-14(15)16/h3-9H,10,17H2,1-2H3. The number of aryl methyl sites for hydroxylation is 1. The van der Waals surface area contributed by atoms with Gasteiger partial charge in [-0.25, -0.2) is 8.42 Å². The highest BCUT2D eigenvalue weighted by Gasteiger charge is 2.24. The Kier molecular flexibility index (Phi) is 4.70. The first-order chi connectivity index (χ1) is 9.86. The lowest BCUT2D eigenvalue weighted by molar-refractivity contribution is 0.593. The molecule has 6 heteroatoms. The zero-order valence-electron chi connectivity index (χ0n) is 11.9. The molecule has 112 valence electrons. The summed E-state index contributed by atoms with van der Waals surface area (Å²) >= 11 is 3.30. The Labute approximate surface area is 133 Å². The van der Waals surface area contributed by atoms with Gasteiger partial charge in [-0.3, -0.25) is 4.31 Å². The summed E-state index contributed by atoms with van der Waals surface area (Å²) in [6.07, 6.45) is 0.